The van der Waals surface area contributed by atoms with E-state index >= 15 is 0 Å². The molecule has 200 valence electrons. The maximum atomic E-state index is 12.7. The number of hydrogen-bond donors (Lipinski definition) is 3. The van der Waals surface area contributed by atoms with Crippen molar-refractivity contribution in [1.29, 1.82) is 0 Å². The Hall–Kier alpha value is -3.92. The highest BCUT2D eigenvalue weighted by Crippen LogP contribution is 2.31. The Labute approximate surface area is 218 Å². The molecule has 3 N–H and O–H groups in total. The van der Waals surface area contributed by atoms with Gasteiger partial charge in [-0.15, -0.1) is 0 Å². The van der Waals surface area contributed by atoms with E-state index < -0.39 is 17.8 Å². The molecular formula is C28H29F3N4O3. The first-order valence-corrected chi connectivity index (χ1v) is 12.3. The fourth-order valence-corrected chi connectivity index (χ4v) is 4.06. The molecule has 1 amide bonds. The molecule has 1 saturated carbocycles. The number of carbonyl (C=O) groups excluding carboxylic acids is 1. The van der Waals surface area contributed by atoms with Crippen LogP contribution in [0.2, 0.25) is 0 Å². The highest BCUT2D eigenvalue weighted by Gasteiger charge is 2.30. The van der Waals surface area contributed by atoms with Gasteiger partial charge < -0.3 is 20.5 Å². The Morgan fingerprint density at radius 3 is 2.55 bits per heavy atom. The van der Waals surface area contributed by atoms with Gasteiger partial charge in [0, 0.05) is 31.0 Å². The summed E-state index contributed by atoms with van der Waals surface area (Å²) in [7, 11) is 0. The molecule has 0 radical (unpaired) electrons. The zero-order chi connectivity index (χ0) is 27.1. The van der Waals surface area contributed by atoms with Crippen LogP contribution < -0.4 is 15.4 Å². The van der Waals surface area contributed by atoms with E-state index in [9.17, 15) is 23.1 Å². The average Bonchev–Trinajstić information content (AvgIpc) is 2.89. The number of rotatable bonds is 8. The molecule has 10 heteroatoms. The van der Waals surface area contributed by atoms with Crippen LogP contribution in [0.1, 0.15) is 54.1 Å². The molecule has 3 aromatic rings. The lowest BCUT2D eigenvalue weighted by atomic mass is 9.89. The van der Waals surface area contributed by atoms with Gasteiger partial charge in [-0.2, -0.15) is 13.2 Å². The fourth-order valence-electron chi connectivity index (χ4n) is 4.06. The Morgan fingerprint density at radius 1 is 1.13 bits per heavy atom. The van der Waals surface area contributed by atoms with Crippen LogP contribution in [0, 0.1) is 0 Å². The quantitative estimate of drug-likeness (QED) is 0.342. The smallest absolute Gasteiger partial charge is 0.417 e. The lowest BCUT2D eigenvalue weighted by molar-refractivity contribution is -0.137. The third-order valence-electron chi connectivity index (χ3n) is 6.08. The van der Waals surface area contributed by atoms with Crippen molar-refractivity contribution >= 4 is 17.8 Å². The van der Waals surface area contributed by atoms with E-state index in [-0.39, 0.29) is 17.8 Å². The van der Waals surface area contributed by atoms with Crippen LogP contribution in [0.15, 0.2) is 66.5 Å². The Morgan fingerprint density at radius 2 is 1.92 bits per heavy atom. The number of benzene rings is 1. The van der Waals surface area contributed by atoms with Crippen molar-refractivity contribution in [1.82, 2.24) is 15.3 Å². The predicted molar refractivity (Wildman–Crippen MR) is 138 cm³/mol. The van der Waals surface area contributed by atoms with Crippen molar-refractivity contribution in [3.8, 4) is 11.6 Å². The van der Waals surface area contributed by atoms with Gasteiger partial charge >= 0.3 is 6.18 Å². The number of pyridine rings is 2. The number of carbonyl (C=O) groups is 1. The van der Waals surface area contributed by atoms with Crippen molar-refractivity contribution in [2.24, 2.45) is 0 Å². The topological polar surface area (TPSA) is 96.4 Å². The molecule has 2 heterocycles. The standard InChI is InChI=1S/C28H29F3N4O3/c1-18(36)15-32-25-11-7-21(16-33-25)27(37)35-23-9-5-19(6-10-23)13-20-3-2-4-24(14-20)38-26-12-8-22(17-34-26)28(29,30)31/h2-4,7-8,11-14,16-18,23,36H,5-6,9-10,15H2,1H3,(H,32,33)(H,35,37). The SMILES string of the molecule is CC(O)CNc1ccc(C(=O)NC2CCC(=Cc3cccc(Oc4ccc(C(F)(F)F)cn4)c3)CC2)cn1. The minimum absolute atomic E-state index is 0.0631. The lowest BCUT2D eigenvalue weighted by Crippen LogP contribution is -2.36. The molecule has 1 atom stereocenters. The number of alkyl halides is 3. The molecule has 1 unspecified atom stereocenters. The predicted octanol–water partition coefficient (Wildman–Crippen LogP) is 5.84. The van der Waals surface area contributed by atoms with Gasteiger partial charge in [-0.05, 0) is 68.5 Å². The third-order valence-corrected chi connectivity index (χ3v) is 6.08. The summed E-state index contributed by atoms with van der Waals surface area (Å²) in [6, 6.07) is 12.9. The summed E-state index contributed by atoms with van der Waals surface area (Å²) in [4.78, 5) is 20.6. The van der Waals surface area contributed by atoms with Crippen LogP contribution in [0.3, 0.4) is 0 Å². The van der Waals surface area contributed by atoms with Gasteiger partial charge in [-0.25, -0.2) is 9.97 Å². The van der Waals surface area contributed by atoms with Crippen molar-refractivity contribution in [3.05, 3.63) is 83.2 Å². The second-order valence-corrected chi connectivity index (χ2v) is 9.27. The third kappa shape index (κ3) is 7.79. The number of aliphatic hydroxyl groups excluding tert-OH is 1. The van der Waals surface area contributed by atoms with Gasteiger partial charge in [-0.3, -0.25) is 4.79 Å². The van der Waals surface area contributed by atoms with E-state index in [1.54, 1.807) is 25.1 Å². The van der Waals surface area contributed by atoms with E-state index in [0.29, 0.717) is 23.7 Å². The van der Waals surface area contributed by atoms with Crippen molar-refractivity contribution in [2.75, 3.05) is 11.9 Å². The number of aliphatic hydroxyl groups is 1. The van der Waals surface area contributed by atoms with Crippen LogP contribution in [0.5, 0.6) is 11.6 Å². The van der Waals surface area contributed by atoms with Crippen LogP contribution in [-0.4, -0.2) is 39.7 Å². The minimum atomic E-state index is -4.44. The zero-order valence-electron chi connectivity index (χ0n) is 20.8. The number of nitrogens with zero attached hydrogens (tertiary/aromatic N) is 2. The molecule has 2 aromatic heterocycles. The van der Waals surface area contributed by atoms with E-state index in [1.807, 2.05) is 18.2 Å². The number of aromatic nitrogens is 2. The number of halogens is 3. The summed E-state index contributed by atoms with van der Waals surface area (Å²) in [5.41, 5.74) is 1.82. The number of amides is 1. The van der Waals surface area contributed by atoms with Crippen molar-refractivity contribution in [3.63, 3.8) is 0 Å². The van der Waals surface area contributed by atoms with E-state index in [4.69, 9.17) is 4.74 Å². The summed E-state index contributed by atoms with van der Waals surface area (Å²) in [6.45, 7) is 2.06. The van der Waals surface area contributed by atoms with Crippen LogP contribution >= 0.6 is 0 Å². The molecule has 7 nitrogen and oxygen atoms in total. The van der Waals surface area contributed by atoms with Gasteiger partial charge in [-0.1, -0.05) is 23.8 Å². The molecule has 0 spiro atoms. The molecule has 1 aromatic carbocycles. The number of hydrogen-bond acceptors (Lipinski definition) is 6. The number of nitrogens with one attached hydrogen (secondary N) is 2. The van der Waals surface area contributed by atoms with E-state index in [0.717, 1.165) is 43.5 Å². The second-order valence-electron chi connectivity index (χ2n) is 9.27. The van der Waals surface area contributed by atoms with Gasteiger partial charge in [0.05, 0.1) is 17.2 Å². The molecule has 4 rings (SSSR count). The summed E-state index contributed by atoms with van der Waals surface area (Å²) in [5.74, 6) is 0.992. The van der Waals surface area contributed by atoms with Crippen LogP contribution in [0.4, 0.5) is 19.0 Å². The van der Waals surface area contributed by atoms with Gasteiger partial charge in [0.2, 0.25) is 5.88 Å². The van der Waals surface area contributed by atoms with Crippen molar-refractivity contribution < 1.29 is 27.8 Å². The van der Waals surface area contributed by atoms with E-state index in [2.05, 4.69) is 26.7 Å². The van der Waals surface area contributed by atoms with E-state index in [1.165, 1.54) is 17.8 Å². The zero-order valence-corrected chi connectivity index (χ0v) is 20.8. The lowest BCUT2D eigenvalue weighted by Gasteiger charge is -2.25. The summed E-state index contributed by atoms with van der Waals surface area (Å²) in [5, 5.41) is 15.4. The van der Waals surface area contributed by atoms with Crippen molar-refractivity contribution in [2.45, 2.75) is 50.9 Å². The molecule has 0 saturated heterocycles. The molecular weight excluding hydrogens is 497 g/mol. The van der Waals surface area contributed by atoms with Crippen LogP contribution in [0.25, 0.3) is 6.08 Å². The average molecular weight is 527 g/mol. The summed E-state index contributed by atoms with van der Waals surface area (Å²) < 4.78 is 43.8. The molecule has 0 bridgehead atoms. The highest BCUT2D eigenvalue weighted by atomic mass is 19.4. The molecule has 38 heavy (non-hydrogen) atoms. The number of anilines is 1. The molecule has 1 aliphatic rings. The minimum Gasteiger partial charge on any atom is -0.439 e. The molecule has 0 aliphatic heterocycles. The normalized spacial score (nSPS) is 16.4. The Balaban J connectivity index is 1.28. The molecule has 1 fully saturated rings. The fraction of sp³-hybridized carbons (Fsp3) is 0.321. The maximum Gasteiger partial charge on any atom is 0.417 e. The first-order chi connectivity index (χ1) is 18.2. The van der Waals surface area contributed by atoms with Gasteiger partial charge in [0.15, 0.2) is 0 Å². The monoisotopic (exact) mass is 526 g/mol. The first-order valence-electron chi connectivity index (χ1n) is 12.3. The van der Waals surface area contributed by atoms with Crippen LogP contribution in [-0.2, 0) is 6.18 Å². The highest BCUT2D eigenvalue weighted by molar-refractivity contribution is 5.94. The largest absolute Gasteiger partial charge is 0.439 e. The van der Waals surface area contributed by atoms with Gasteiger partial charge in [0.1, 0.15) is 11.6 Å². The summed E-state index contributed by atoms with van der Waals surface area (Å²) in [6.07, 6.45) is 2.69. The Kier molecular flexibility index (Phi) is 8.62. The number of ether oxygens (including phenoxy) is 1. The Bertz CT molecular complexity index is 1250. The number of allylic oxidation sites excluding steroid dienone is 1. The maximum absolute atomic E-state index is 12.7. The summed E-state index contributed by atoms with van der Waals surface area (Å²) >= 11 is 0. The first kappa shape index (κ1) is 27.1. The van der Waals surface area contributed by atoms with Gasteiger partial charge in [0.25, 0.3) is 5.91 Å². The second kappa shape index (κ2) is 12.1. The molecule has 1 aliphatic carbocycles.